The first kappa shape index (κ1) is 31.7. The van der Waals surface area contributed by atoms with E-state index in [9.17, 15) is 0 Å². The number of aromatic nitrogens is 3. The summed E-state index contributed by atoms with van der Waals surface area (Å²) in [4.78, 5) is 0. The Morgan fingerprint density at radius 3 is 1.35 bits per heavy atom. The first-order chi connectivity index (χ1) is 28.3. The largest absolute Gasteiger partial charge is 0.309 e. The lowest BCUT2D eigenvalue weighted by Gasteiger charge is -2.12. The summed E-state index contributed by atoms with van der Waals surface area (Å²) in [7, 11) is 0. The molecule has 0 fully saturated rings. The Balaban J connectivity index is 1.06. The second kappa shape index (κ2) is 12.5. The highest BCUT2D eigenvalue weighted by molar-refractivity contribution is 6.26. The fraction of sp³-hybridized carbons (Fsp3) is 0. The molecule has 0 saturated carbocycles. The minimum atomic E-state index is 1.14. The van der Waals surface area contributed by atoms with Crippen molar-refractivity contribution in [2.24, 2.45) is 0 Å². The standard InChI is InChI=1S/C54H35N3/c1-3-14-36(15-4-1)37-26-30-40(31-27-37)56-49-24-12-9-20-46(49)53-51(56)35-34-44-43-18-7-10-22-47(43)57(54(44)53)41-32-28-38(29-33-41)42-21-13-25-50-52(42)45-19-8-11-23-48(45)55(50)39-16-5-2-6-17-39/h1-35H. The van der Waals surface area contributed by atoms with Crippen LogP contribution in [-0.2, 0) is 0 Å². The third-order valence-electron chi connectivity index (χ3n) is 11.9. The number of para-hydroxylation sites is 4. The molecule has 0 aliphatic heterocycles. The van der Waals surface area contributed by atoms with Crippen LogP contribution in [0.3, 0.4) is 0 Å². The van der Waals surface area contributed by atoms with E-state index >= 15 is 0 Å². The van der Waals surface area contributed by atoms with Crippen LogP contribution in [0.25, 0.3) is 105 Å². The number of rotatable bonds is 5. The van der Waals surface area contributed by atoms with Gasteiger partial charge in [-0.2, -0.15) is 0 Å². The SMILES string of the molecule is c1ccc(-c2ccc(-n3c4ccccc4c4c3ccc3c5ccccc5n(-c5ccc(-c6cccc7c6c6ccccc6n7-c6ccccc6)cc5)c34)cc2)cc1. The predicted molar refractivity (Wildman–Crippen MR) is 240 cm³/mol. The Morgan fingerprint density at radius 2 is 0.684 bits per heavy atom. The molecule has 57 heavy (non-hydrogen) atoms. The van der Waals surface area contributed by atoms with E-state index in [-0.39, 0.29) is 0 Å². The molecule has 9 aromatic carbocycles. The highest BCUT2D eigenvalue weighted by Crippen LogP contribution is 2.43. The van der Waals surface area contributed by atoms with Crippen molar-refractivity contribution < 1.29 is 0 Å². The third-order valence-corrected chi connectivity index (χ3v) is 11.9. The molecule has 0 bridgehead atoms. The number of benzene rings is 9. The highest BCUT2D eigenvalue weighted by atomic mass is 15.0. The van der Waals surface area contributed by atoms with Gasteiger partial charge in [-0.25, -0.2) is 0 Å². The Kier molecular flexibility index (Phi) is 6.93. The molecular weight excluding hydrogens is 691 g/mol. The van der Waals surface area contributed by atoms with Gasteiger partial charge in [0.15, 0.2) is 0 Å². The Bertz CT molecular complexity index is 3470. The van der Waals surface area contributed by atoms with Crippen LogP contribution in [0.2, 0.25) is 0 Å². The van der Waals surface area contributed by atoms with Gasteiger partial charge >= 0.3 is 0 Å². The van der Waals surface area contributed by atoms with E-state index < -0.39 is 0 Å². The van der Waals surface area contributed by atoms with E-state index in [0.717, 1.165) is 11.4 Å². The van der Waals surface area contributed by atoms with Gasteiger partial charge < -0.3 is 13.7 Å². The monoisotopic (exact) mass is 725 g/mol. The quantitative estimate of drug-likeness (QED) is 0.168. The van der Waals surface area contributed by atoms with Crippen LogP contribution in [0.4, 0.5) is 0 Å². The Labute approximate surface area is 329 Å². The first-order valence-electron chi connectivity index (χ1n) is 19.6. The maximum absolute atomic E-state index is 2.48. The van der Waals surface area contributed by atoms with Gasteiger partial charge in [0.25, 0.3) is 0 Å². The number of fused-ring (bicyclic) bond motifs is 10. The first-order valence-corrected chi connectivity index (χ1v) is 19.6. The van der Waals surface area contributed by atoms with Crippen molar-refractivity contribution in [1.82, 2.24) is 13.7 Å². The van der Waals surface area contributed by atoms with Gasteiger partial charge in [0.1, 0.15) is 0 Å². The smallest absolute Gasteiger partial charge is 0.0641 e. The van der Waals surface area contributed by atoms with Crippen molar-refractivity contribution in [2.45, 2.75) is 0 Å². The number of nitrogens with zero attached hydrogens (tertiary/aromatic N) is 3. The summed E-state index contributed by atoms with van der Waals surface area (Å²) >= 11 is 0. The summed E-state index contributed by atoms with van der Waals surface area (Å²) in [5.41, 5.74) is 15.6. The van der Waals surface area contributed by atoms with Gasteiger partial charge in [0.2, 0.25) is 0 Å². The number of hydrogen-bond donors (Lipinski definition) is 0. The van der Waals surface area contributed by atoms with Crippen molar-refractivity contribution in [3.05, 3.63) is 212 Å². The molecule has 3 nitrogen and oxygen atoms in total. The lowest BCUT2D eigenvalue weighted by molar-refractivity contribution is 1.17. The lowest BCUT2D eigenvalue weighted by Crippen LogP contribution is -1.96. The fourth-order valence-electron chi connectivity index (χ4n) is 9.39. The average Bonchev–Trinajstić information content (AvgIpc) is 3.93. The molecule has 0 saturated heterocycles. The van der Waals surface area contributed by atoms with E-state index in [1.54, 1.807) is 0 Å². The van der Waals surface area contributed by atoms with Crippen molar-refractivity contribution in [3.8, 4) is 39.3 Å². The van der Waals surface area contributed by atoms with E-state index in [1.807, 2.05) is 0 Å². The van der Waals surface area contributed by atoms with Crippen LogP contribution in [0.5, 0.6) is 0 Å². The van der Waals surface area contributed by atoms with Crippen LogP contribution >= 0.6 is 0 Å². The van der Waals surface area contributed by atoms with Gasteiger partial charge in [-0.3, -0.25) is 0 Å². The Morgan fingerprint density at radius 1 is 0.228 bits per heavy atom. The zero-order valence-corrected chi connectivity index (χ0v) is 31.0. The zero-order chi connectivity index (χ0) is 37.5. The molecule has 0 aliphatic rings. The molecule has 266 valence electrons. The van der Waals surface area contributed by atoms with Crippen LogP contribution in [0.15, 0.2) is 212 Å². The van der Waals surface area contributed by atoms with Gasteiger partial charge in [-0.1, -0.05) is 146 Å². The van der Waals surface area contributed by atoms with Crippen LogP contribution in [0, 0.1) is 0 Å². The van der Waals surface area contributed by atoms with E-state index in [4.69, 9.17) is 0 Å². The van der Waals surface area contributed by atoms with Gasteiger partial charge in [-0.05, 0) is 89.0 Å². The van der Waals surface area contributed by atoms with Crippen molar-refractivity contribution in [3.63, 3.8) is 0 Å². The molecule has 3 aromatic heterocycles. The molecule has 0 N–H and O–H groups in total. The van der Waals surface area contributed by atoms with E-state index in [2.05, 4.69) is 226 Å². The summed E-state index contributed by atoms with van der Waals surface area (Å²) in [6.07, 6.45) is 0. The molecule has 0 radical (unpaired) electrons. The minimum Gasteiger partial charge on any atom is -0.309 e. The summed E-state index contributed by atoms with van der Waals surface area (Å²) in [6.45, 7) is 0. The fourth-order valence-corrected chi connectivity index (χ4v) is 9.39. The normalized spacial score (nSPS) is 11.9. The molecule has 0 aliphatic carbocycles. The maximum Gasteiger partial charge on any atom is 0.0641 e. The highest BCUT2D eigenvalue weighted by Gasteiger charge is 2.21. The maximum atomic E-state index is 2.48. The third kappa shape index (κ3) is 4.73. The molecule has 12 aromatic rings. The summed E-state index contributed by atoms with van der Waals surface area (Å²) in [6, 6.07) is 77.3. The van der Waals surface area contributed by atoms with Crippen molar-refractivity contribution >= 4 is 65.4 Å². The summed E-state index contributed by atoms with van der Waals surface area (Å²) < 4.78 is 7.30. The van der Waals surface area contributed by atoms with Crippen molar-refractivity contribution in [2.75, 3.05) is 0 Å². The lowest BCUT2D eigenvalue weighted by atomic mass is 9.99. The van der Waals surface area contributed by atoms with E-state index in [0.29, 0.717) is 0 Å². The van der Waals surface area contributed by atoms with Crippen LogP contribution in [0.1, 0.15) is 0 Å². The molecule has 0 amide bonds. The van der Waals surface area contributed by atoms with Gasteiger partial charge in [0, 0.05) is 49.4 Å². The molecule has 0 atom stereocenters. The minimum absolute atomic E-state index is 1.14. The molecular formula is C54H35N3. The van der Waals surface area contributed by atoms with Crippen LogP contribution < -0.4 is 0 Å². The predicted octanol–water partition coefficient (Wildman–Crippen LogP) is 14.3. The van der Waals surface area contributed by atoms with Gasteiger partial charge in [-0.15, -0.1) is 0 Å². The van der Waals surface area contributed by atoms with Crippen LogP contribution in [-0.4, -0.2) is 13.7 Å². The average molecular weight is 726 g/mol. The topological polar surface area (TPSA) is 14.8 Å². The molecule has 3 heterocycles. The van der Waals surface area contributed by atoms with E-state index in [1.165, 1.54) is 93.4 Å². The summed E-state index contributed by atoms with van der Waals surface area (Å²) in [5, 5.41) is 7.53. The molecule has 0 spiro atoms. The number of hydrogen-bond acceptors (Lipinski definition) is 0. The second-order valence-corrected chi connectivity index (χ2v) is 14.9. The molecule has 3 heteroatoms. The summed E-state index contributed by atoms with van der Waals surface area (Å²) in [5.74, 6) is 0. The van der Waals surface area contributed by atoms with Crippen molar-refractivity contribution in [1.29, 1.82) is 0 Å². The van der Waals surface area contributed by atoms with Gasteiger partial charge in [0.05, 0.1) is 33.1 Å². The molecule has 0 unspecified atom stereocenters. The molecule has 12 rings (SSSR count). The Hall–Kier alpha value is -7.62. The zero-order valence-electron chi connectivity index (χ0n) is 31.0. The second-order valence-electron chi connectivity index (χ2n) is 14.9.